The molecule has 0 aliphatic rings. The average molecular weight is 397 g/mol. The van der Waals surface area contributed by atoms with E-state index >= 15 is 0 Å². The number of nitrogens with one attached hydrogen (secondary N) is 3. The molecule has 28 heavy (non-hydrogen) atoms. The molecule has 0 aliphatic carbocycles. The topological polar surface area (TPSA) is 101 Å². The highest BCUT2D eigenvalue weighted by Gasteiger charge is 2.12. The third-order valence-electron chi connectivity index (χ3n) is 4.02. The Labute approximate surface area is 166 Å². The van der Waals surface area contributed by atoms with Gasteiger partial charge in [-0.15, -0.1) is 0 Å². The summed E-state index contributed by atoms with van der Waals surface area (Å²) in [4.78, 5) is 24.1. The molecule has 8 nitrogen and oxygen atoms in total. The maximum atomic E-state index is 12.1. The van der Waals surface area contributed by atoms with Crippen molar-refractivity contribution in [2.75, 3.05) is 7.11 Å². The number of hydrazine groups is 1. The standard InChI is InChI=1S/C19H19N5O3S/c1-27-15-9-7-13(8-10-15)17-21-23-19(28)24(17)12-11-16(25)20-22-18(26)14-5-3-2-4-6-14/h2-10H,11-12H2,1H3,(H,20,25)(H,22,26)(H,23,28). The molecule has 1 heterocycles. The summed E-state index contributed by atoms with van der Waals surface area (Å²) in [5, 5.41) is 6.98. The van der Waals surface area contributed by atoms with Crippen LogP contribution in [0.25, 0.3) is 11.4 Å². The van der Waals surface area contributed by atoms with Gasteiger partial charge in [0.2, 0.25) is 5.91 Å². The van der Waals surface area contributed by atoms with E-state index in [-0.39, 0.29) is 18.2 Å². The van der Waals surface area contributed by atoms with Crippen LogP contribution in [-0.4, -0.2) is 33.7 Å². The predicted octanol–water partition coefficient (Wildman–Crippen LogP) is 2.47. The van der Waals surface area contributed by atoms with Gasteiger partial charge in [0, 0.05) is 24.1 Å². The van der Waals surface area contributed by atoms with E-state index in [1.54, 1.807) is 35.9 Å². The zero-order chi connectivity index (χ0) is 19.9. The number of hydrogen-bond acceptors (Lipinski definition) is 5. The molecule has 2 aromatic carbocycles. The summed E-state index contributed by atoms with van der Waals surface area (Å²) in [6.45, 7) is 0.309. The second kappa shape index (κ2) is 8.96. The van der Waals surface area contributed by atoms with E-state index in [9.17, 15) is 9.59 Å². The smallest absolute Gasteiger partial charge is 0.269 e. The lowest BCUT2D eigenvalue weighted by molar-refractivity contribution is -0.122. The van der Waals surface area contributed by atoms with Gasteiger partial charge in [0.1, 0.15) is 5.75 Å². The van der Waals surface area contributed by atoms with Crippen molar-refractivity contribution in [2.45, 2.75) is 13.0 Å². The molecule has 2 amide bonds. The Morgan fingerprint density at radius 2 is 1.82 bits per heavy atom. The van der Waals surface area contributed by atoms with Gasteiger partial charge in [-0.2, -0.15) is 5.10 Å². The van der Waals surface area contributed by atoms with Gasteiger partial charge in [0.15, 0.2) is 10.6 Å². The predicted molar refractivity (Wildman–Crippen MR) is 106 cm³/mol. The molecule has 144 valence electrons. The fourth-order valence-corrected chi connectivity index (χ4v) is 2.77. The second-order valence-electron chi connectivity index (χ2n) is 5.85. The van der Waals surface area contributed by atoms with Crippen LogP contribution in [-0.2, 0) is 11.3 Å². The lowest BCUT2D eigenvalue weighted by Gasteiger charge is -2.09. The number of hydrogen-bond donors (Lipinski definition) is 3. The van der Waals surface area contributed by atoms with Gasteiger partial charge < -0.3 is 4.74 Å². The van der Waals surface area contributed by atoms with Crippen LogP contribution in [0.15, 0.2) is 54.6 Å². The van der Waals surface area contributed by atoms with Crippen LogP contribution in [0.2, 0.25) is 0 Å². The summed E-state index contributed by atoms with van der Waals surface area (Å²) in [7, 11) is 1.60. The zero-order valence-electron chi connectivity index (χ0n) is 15.1. The molecule has 0 saturated carbocycles. The van der Waals surface area contributed by atoms with Crippen molar-refractivity contribution in [1.82, 2.24) is 25.6 Å². The van der Waals surface area contributed by atoms with Crippen molar-refractivity contribution in [3.63, 3.8) is 0 Å². The van der Waals surface area contributed by atoms with Crippen LogP contribution in [0, 0.1) is 4.77 Å². The van der Waals surface area contributed by atoms with Crippen molar-refractivity contribution < 1.29 is 14.3 Å². The van der Waals surface area contributed by atoms with Crippen LogP contribution >= 0.6 is 12.2 Å². The first-order chi connectivity index (χ1) is 13.6. The molecule has 0 bridgehead atoms. The van der Waals surface area contributed by atoms with E-state index in [1.165, 1.54) is 0 Å². The van der Waals surface area contributed by atoms with Gasteiger partial charge in [-0.25, -0.2) is 0 Å². The van der Waals surface area contributed by atoms with E-state index in [1.807, 2.05) is 30.3 Å². The van der Waals surface area contributed by atoms with Crippen LogP contribution < -0.4 is 15.6 Å². The summed E-state index contributed by atoms with van der Waals surface area (Å²) in [6.07, 6.45) is 0.117. The highest BCUT2D eigenvalue weighted by atomic mass is 32.1. The number of ether oxygens (including phenoxy) is 1. The lowest BCUT2D eigenvalue weighted by atomic mass is 10.2. The van der Waals surface area contributed by atoms with E-state index < -0.39 is 0 Å². The molecule has 0 saturated heterocycles. The number of carbonyl (C=O) groups excluding carboxylic acids is 2. The highest BCUT2D eigenvalue weighted by Crippen LogP contribution is 2.21. The Kier molecular flexibility index (Phi) is 6.18. The average Bonchev–Trinajstić information content (AvgIpc) is 3.11. The van der Waals surface area contributed by atoms with Gasteiger partial charge in [0.25, 0.3) is 5.91 Å². The molecule has 0 spiro atoms. The SMILES string of the molecule is COc1ccc(-c2n[nH]c(=S)n2CCC(=O)NNC(=O)c2ccccc2)cc1. The van der Waals surface area contributed by atoms with Crippen LogP contribution in [0.3, 0.4) is 0 Å². The van der Waals surface area contributed by atoms with E-state index in [4.69, 9.17) is 17.0 Å². The zero-order valence-corrected chi connectivity index (χ0v) is 16.0. The first-order valence-electron chi connectivity index (χ1n) is 8.52. The monoisotopic (exact) mass is 397 g/mol. The van der Waals surface area contributed by atoms with Gasteiger partial charge >= 0.3 is 0 Å². The molecule has 3 aromatic rings. The maximum Gasteiger partial charge on any atom is 0.269 e. The Hall–Kier alpha value is -3.46. The van der Waals surface area contributed by atoms with Crippen LogP contribution in [0.1, 0.15) is 16.8 Å². The maximum absolute atomic E-state index is 12.1. The third kappa shape index (κ3) is 4.63. The number of amides is 2. The number of carbonyl (C=O) groups is 2. The summed E-state index contributed by atoms with van der Waals surface area (Å²) >= 11 is 5.26. The Bertz CT molecular complexity index is 1010. The number of aromatic nitrogens is 3. The van der Waals surface area contributed by atoms with Crippen molar-refractivity contribution >= 4 is 24.0 Å². The van der Waals surface area contributed by atoms with Gasteiger partial charge in [-0.1, -0.05) is 18.2 Å². The molecule has 0 atom stereocenters. The molecule has 3 rings (SSSR count). The largest absolute Gasteiger partial charge is 0.497 e. The van der Waals surface area contributed by atoms with Crippen molar-refractivity contribution in [3.8, 4) is 17.1 Å². The third-order valence-corrected chi connectivity index (χ3v) is 4.33. The normalized spacial score (nSPS) is 10.3. The van der Waals surface area contributed by atoms with Gasteiger partial charge in [0.05, 0.1) is 7.11 Å². The van der Waals surface area contributed by atoms with Gasteiger partial charge in [-0.3, -0.25) is 30.1 Å². The number of benzene rings is 2. The van der Waals surface area contributed by atoms with Gasteiger partial charge in [-0.05, 0) is 48.6 Å². The van der Waals surface area contributed by atoms with E-state index in [2.05, 4.69) is 21.0 Å². The molecule has 9 heteroatoms. The lowest BCUT2D eigenvalue weighted by Crippen LogP contribution is -2.41. The molecule has 0 aliphatic heterocycles. The van der Waals surface area contributed by atoms with Crippen molar-refractivity contribution in [2.24, 2.45) is 0 Å². The summed E-state index contributed by atoms with van der Waals surface area (Å²) in [6, 6.07) is 16.0. The fraction of sp³-hybridized carbons (Fsp3) is 0.158. The Morgan fingerprint density at radius 3 is 2.50 bits per heavy atom. The Morgan fingerprint density at radius 1 is 1.11 bits per heavy atom. The number of H-pyrrole nitrogens is 1. The second-order valence-corrected chi connectivity index (χ2v) is 6.24. The molecule has 0 radical (unpaired) electrons. The quantitative estimate of drug-likeness (QED) is 0.438. The van der Waals surface area contributed by atoms with E-state index in [0.717, 1.165) is 11.3 Å². The van der Waals surface area contributed by atoms with Crippen molar-refractivity contribution in [1.29, 1.82) is 0 Å². The summed E-state index contributed by atoms with van der Waals surface area (Å²) < 4.78 is 7.30. The summed E-state index contributed by atoms with van der Waals surface area (Å²) in [5.74, 6) is 0.632. The van der Waals surface area contributed by atoms with Crippen LogP contribution in [0.4, 0.5) is 0 Å². The van der Waals surface area contributed by atoms with E-state index in [0.29, 0.717) is 22.7 Å². The first kappa shape index (κ1) is 19.3. The fourth-order valence-electron chi connectivity index (χ4n) is 2.55. The minimum Gasteiger partial charge on any atom is -0.497 e. The van der Waals surface area contributed by atoms with Crippen molar-refractivity contribution in [3.05, 3.63) is 64.9 Å². The molecule has 1 aromatic heterocycles. The number of aromatic amines is 1. The minimum absolute atomic E-state index is 0.117. The molecule has 0 fully saturated rings. The number of rotatable bonds is 6. The highest BCUT2D eigenvalue weighted by molar-refractivity contribution is 7.71. The minimum atomic E-state index is -0.382. The number of methoxy groups -OCH3 is 1. The molecule has 0 unspecified atom stereocenters. The van der Waals surface area contributed by atoms with Crippen LogP contribution in [0.5, 0.6) is 5.75 Å². The molecule has 3 N–H and O–H groups in total. The Balaban J connectivity index is 1.60. The molecular weight excluding hydrogens is 378 g/mol. The molecular formula is C19H19N5O3S. The number of nitrogens with zero attached hydrogens (tertiary/aromatic N) is 2. The first-order valence-corrected chi connectivity index (χ1v) is 8.93. The summed E-state index contributed by atoms with van der Waals surface area (Å²) in [5.41, 5.74) is 6.09.